The number of hydrogen-bond donors (Lipinski definition) is 1. The van der Waals surface area contributed by atoms with Gasteiger partial charge in [-0.3, -0.25) is 0 Å². The van der Waals surface area contributed by atoms with Crippen LogP contribution in [0.2, 0.25) is 0 Å². The lowest BCUT2D eigenvalue weighted by Crippen LogP contribution is -2.21. The second-order valence-electron chi connectivity index (χ2n) is 4.46. The lowest BCUT2D eigenvalue weighted by Gasteiger charge is -2.25. The first kappa shape index (κ1) is 12.3. The Morgan fingerprint density at radius 3 is 3.11 bits per heavy atom. The molecule has 1 unspecified atom stereocenters. The fourth-order valence-electron chi connectivity index (χ4n) is 2.29. The molecule has 2 aromatic rings. The number of thiocarbonyl (C=S) groups is 1. The van der Waals surface area contributed by atoms with Crippen molar-refractivity contribution in [1.29, 1.82) is 0 Å². The molecule has 0 saturated heterocycles. The molecule has 0 radical (unpaired) electrons. The van der Waals surface area contributed by atoms with Crippen molar-refractivity contribution >= 4 is 17.2 Å². The van der Waals surface area contributed by atoms with E-state index in [0.29, 0.717) is 12.4 Å². The Kier molecular flexibility index (Phi) is 3.27. The maximum atomic E-state index is 5.83. The van der Waals surface area contributed by atoms with Crippen molar-refractivity contribution in [1.82, 2.24) is 14.8 Å². The van der Waals surface area contributed by atoms with Gasteiger partial charge in [0, 0.05) is 0 Å². The predicted molar refractivity (Wildman–Crippen MR) is 74.7 cm³/mol. The number of fused-ring (bicyclic) bond motifs is 1. The molecule has 0 bridgehead atoms. The van der Waals surface area contributed by atoms with Gasteiger partial charge in [0.15, 0.2) is 0 Å². The molecule has 1 aromatic carbocycles. The smallest absolute Gasteiger partial charge is 0.208 e. The maximum Gasteiger partial charge on any atom is 0.208 e. The van der Waals surface area contributed by atoms with Gasteiger partial charge in [-0.1, -0.05) is 36.5 Å². The molecule has 3 rings (SSSR count). The largest absolute Gasteiger partial charge is 0.387 e. The van der Waals surface area contributed by atoms with E-state index in [9.17, 15) is 0 Å². The zero-order chi connectivity index (χ0) is 13.2. The van der Waals surface area contributed by atoms with Crippen LogP contribution in [-0.4, -0.2) is 26.4 Å². The molecule has 0 amide bonds. The third kappa shape index (κ3) is 2.50. The Bertz CT molecular complexity index is 610. The van der Waals surface area contributed by atoms with Crippen LogP contribution in [0.25, 0.3) is 0 Å². The molecule has 19 heavy (non-hydrogen) atoms. The van der Waals surface area contributed by atoms with Gasteiger partial charge in [0.2, 0.25) is 5.82 Å². The van der Waals surface area contributed by atoms with Crippen LogP contribution >= 0.6 is 12.2 Å². The Hall–Kier alpha value is -1.79. The van der Waals surface area contributed by atoms with E-state index >= 15 is 0 Å². The van der Waals surface area contributed by atoms with Crippen molar-refractivity contribution in [3.05, 3.63) is 47.5 Å². The SMILES string of the molecule is NC(=S)c1ncn(CC2OCCc3ccccc32)n1. The second kappa shape index (κ2) is 5.07. The molecule has 5 nitrogen and oxygen atoms in total. The van der Waals surface area contributed by atoms with Crippen LogP contribution in [-0.2, 0) is 17.7 Å². The zero-order valence-electron chi connectivity index (χ0n) is 10.3. The Morgan fingerprint density at radius 2 is 2.32 bits per heavy atom. The number of rotatable bonds is 3. The highest BCUT2D eigenvalue weighted by Crippen LogP contribution is 2.27. The third-order valence-electron chi connectivity index (χ3n) is 3.20. The van der Waals surface area contributed by atoms with Gasteiger partial charge in [0.05, 0.1) is 13.2 Å². The van der Waals surface area contributed by atoms with Crippen LogP contribution in [0.15, 0.2) is 30.6 Å². The number of nitrogens with two attached hydrogens (primary N) is 1. The fourth-order valence-corrected chi connectivity index (χ4v) is 2.39. The molecular weight excluding hydrogens is 260 g/mol. The fraction of sp³-hybridized carbons (Fsp3) is 0.308. The van der Waals surface area contributed by atoms with Gasteiger partial charge in [-0.15, -0.1) is 5.10 Å². The van der Waals surface area contributed by atoms with E-state index in [0.717, 1.165) is 13.0 Å². The summed E-state index contributed by atoms with van der Waals surface area (Å²) in [5, 5.41) is 4.24. The van der Waals surface area contributed by atoms with E-state index < -0.39 is 0 Å². The molecule has 1 atom stereocenters. The topological polar surface area (TPSA) is 66.0 Å². The molecule has 98 valence electrons. The predicted octanol–water partition coefficient (Wildman–Crippen LogP) is 1.23. The van der Waals surface area contributed by atoms with E-state index in [1.165, 1.54) is 11.1 Å². The molecule has 2 heterocycles. The van der Waals surface area contributed by atoms with Gasteiger partial charge in [-0.2, -0.15) is 0 Å². The molecule has 0 spiro atoms. The summed E-state index contributed by atoms with van der Waals surface area (Å²) in [6.45, 7) is 1.35. The van der Waals surface area contributed by atoms with Crippen LogP contribution in [0.4, 0.5) is 0 Å². The van der Waals surface area contributed by atoms with Crippen LogP contribution in [0, 0.1) is 0 Å². The van der Waals surface area contributed by atoms with Gasteiger partial charge in [0.25, 0.3) is 0 Å². The van der Waals surface area contributed by atoms with Gasteiger partial charge in [-0.05, 0) is 17.5 Å². The van der Waals surface area contributed by atoms with E-state index in [-0.39, 0.29) is 11.1 Å². The normalized spacial score (nSPS) is 18.0. The lowest BCUT2D eigenvalue weighted by molar-refractivity contribution is 0.0282. The van der Waals surface area contributed by atoms with Crippen LogP contribution in [0.3, 0.4) is 0 Å². The van der Waals surface area contributed by atoms with E-state index in [1.807, 2.05) is 6.07 Å². The summed E-state index contributed by atoms with van der Waals surface area (Å²) in [6.07, 6.45) is 2.60. The van der Waals surface area contributed by atoms with Crippen molar-refractivity contribution in [2.75, 3.05) is 6.61 Å². The Labute approximate surface area is 116 Å². The summed E-state index contributed by atoms with van der Waals surface area (Å²) in [5.74, 6) is 0.402. The average molecular weight is 274 g/mol. The number of benzene rings is 1. The van der Waals surface area contributed by atoms with E-state index in [4.69, 9.17) is 22.7 Å². The molecule has 0 fully saturated rings. The minimum Gasteiger partial charge on any atom is -0.387 e. The minimum atomic E-state index is 0.00541. The summed E-state index contributed by atoms with van der Waals surface area (Å²) in [5.41, 5.74) is 8.06. The lowest BCUT2D eigenvalue weighted by atomic mass is 9.98. The molecule has 1 aliphatic heterocycles. The van der Waals surface area contributed by atoms with Crippen LogP contribution < -0.4 is 5.73 Å². The van der Waals surface area contributed by atoms with Gasteiger partial charge < -0.3 is 10.5 Å². The molecule has 0 aliphatic carbocycles. The molecule has 6 heteroatoms. The number of ether oxygens (including phenoxy) is 1. The Balaban J connectivity index is 1.82. The van der Waals surface area contributed by atoms with E-state index in [1.54, 1.807) is 11.0 Å². The minimum absolute atomic E-state index is 0.00541. The monoisotopic (exact) mass is 274 g/mol. The molecule has 0 saturated carbocycles. The first-order valence-corrected chi connectivity index (χ1v) is 6.53. The first-order valence-electron chi connectivity index (χ1n) is 6.12. The highest BCUT2D eigenvalue weighted by molar-refractivity contribution is 7.80. The summed E-state index contributed by atoms with van der Waals surface area (Å²) in [6, 6.07) is 8.33. The van der Waals surface area contributed by atoms with Gasteiger partial charge in [0.1, 0.15) is 17.4 Å². The van der Waals surface area contributed by atoms with Crippen molar-refractivity contribution in [3.8, 4) is 0 Å². The molecule has 1 aliphatic rings. The third-order valence-corrected chi connectivity index (χ3v) is 3.38. The first-order chi connectivity index (χ1) is 9.24. The number of nitrogens with zero attached hydrogens (tertiary/aromatic N) is 3. The quantitative estimate of drug-likeness (QED) is 0.853. The standard InChI is InChI=1S/C13H14N4OS/c14-12(19)13-15-8-17(16-13)7-11-10-4-2-1-3-9(10)5-6-18-11/h1-4,8,11H,5-7H2,(H2,14,19). The number of aromatic nitrogens is 3. The van der Waals surface area contributed by atoms with E-state index in [2.05, 4.69) is 28.3 Å². The average Bonchev–Trinajstić information content (AvgIpc) is 2.88. The van der Waals surface area contributed by atoms with Crippen molar-refractivity contribution in [2.24, 2.45) is 5.73 Å². The summed E-state index contributed by atoms with van der Waals surface area (Å²) >= 11 is 4.85. The molecular formula is C13H14N4OS. The van der Waals surface area contributed by atoms with Crippen LogP contribution in [0.5, 0.6) is 0 Å². The zero-order valence-corrected chi connectivity index (χ0v) is 11.1. The van der Waals surface area contributed by atoms with Crippen LogP contribution in [0.1, 0.15) is 23.1 Å². The van der Waals surface area contributed by atoms with Gasteiger partial charge in [-0.25, -0.2) is 9.67 Å². The highest BCUT2D eigenvalue weighted by Gasteiger charge is 2.21. The highest BCUT2D eigenvalue weighted by atomic mass is 32.1. The Morgan fingerprint density at radius 1 is 1.47 bits per heavy atom. The van der Waals surface area contributed by atoms with Crippen molar-refractivity contribution < 1.29 is 4.74 Å². The molecule has 2 N–H and O–H groups in total. The van der Waals surface area contributed by atoms with Crippen molar-refractivity contribution in [2.45, 2.75) is 19.1 Å². The molecule has 1 aromatic heterocycles. The number of hydrogen-bond acceptors (Lipinski definition) is 4. The van der Waals surface area contributed by atoms with Gasteiger partial charge >= 0.3 is 0 Å². The summed E-state index contributed by atoms with van der Waals surface area (Å²) in [4.78, 5) is 4.28. The summed E-state index contributed by atoms with van der Waals surface area (Å²) in [7, 11) is 0. The second-order valence-corrected chi connectivity index (χ2v) is 4.90. The van der Waals surface area contributed by atoms with Crippen molar-refractivity contribution in [3.63, 3.8) is 0 Å². The maximum absolute atomic E-state index is 5.83. The summed E-state index contributed by atoms with van der Waals surface area (Å²) < 4.78 is 7.55.